The molecule has 0 aliphatic carbocycles. The lowest BCUT2D eigenvalue weighted by molar-refractivity contribution is -0.133. The van der Waals surface area contributed by atoms with Crippen molar-refractivity contribution in [3.8, 4) is 0 Å². The van der Waals surface area contributed by atoms with Crippen LogP contribution >= 0.6 is 15.9 Å². The minimum absolute atomic E-state index is 0.0707. The molecule has 0 radical (unpaired) electrons. The molecule has 126 valence electrons. The molecule has 2 aromatic rings. The molecule has 1 aliphatic rings. The Kier molecular flexibility index (Phi) is 4.86. The molecule has 3 rings (SSSR count). The molecule has 0 saturated carbocycles. The maximum atomic E-state index is 12.3. The number of cyclic esters (lactones) is 1. The fraction of sp³-hybridized carbons (Fsp3) is 0.100. The summed E-state index contributed by atoms with van der Waals surface area (Å²) in [7, 11) is 0. The highest BCUT2D eigenvalue weighted by atomic mass is 79.9. The molecular weight excluding hydrogens is 382 g/mol. The van der Waals surface area contributed by atoms with E-state index in [0.717, 1.165) is 15.6 Å². The van der Waals surface area contributed by atoms with Crippen LogP contribution in [0.4, 0.5) is 0 Å². The van der Waals surface area contributed by atoms with E-state index in [-0.39, 0.29) is 18.2 Å². The average molecular weight is 398 g/mol. The number of amides is 1. The van der Waals surface area contributed by atoms with Crippen molar-refractivity contribution >= 4 is 33.4 Å². The number of allylic oxidation sites excluding steroid dienone is 1. The summed E-state index contributed by atoms with van der Waals surface area (Å²) >= 11 is 3.48. The summed E-state index contributed by atoms with van der Waals surface area (Å²) < 4.78 is 6.00. The number of rotatable bonds is 4. The average Bonchev–Trinajstić information content (AvgIpc) is 2.87. The molecule has 0 bridgehead atoms. The van der Waals surface area contributed by atoms with E-state index in [9.17, 15) is 9.59 Å². The van der Waals surface area contributed by atoms with E-state index in [4.69, 9.17) is 4.74 Å². The highest BCUT2D eigenvalue weighted by Crippen LogP contribution is 2.36. The molecule has 1 N–H and O–H groups in total. The maximum absolute atomic E-state index is 12.3. The summed E-state index contributed by atoms with van der Waals surface area (Å²) in [5.41, 5.74) is 3.42. The molecular formula is C20H16BrNO3. The molecule has 1 aliphatic heterocycles. The van der Waals surface area contributed by atoms with E-state index in [1.165, 1.54) is 0 Å². The van der Waals surface area contributed by atoms with Crippen molar-refractivity contribution < 1.29 is 14.3 Å². The third-order valence-electron chi connectivity index (χ3n) is 3.93. The Morgan fingerprint density at radius 2 is 1.84 bits per heavy atom. The van der Waals surface area contributed by atoms with Gasteiger partial charge in [-0.15, -0.1) is 0 Å². The van der Waals surface area contributed by atoms with E-state index in [1.807, 2.05) is 43.3 Å². The van der Waals surface area contributed by atoms with Crippen LogP contribution in [0.3, 0.4) is 0 Å². The molecule has 1 amide bonds. The van der Waals surface area contributed by atoms with Gasteiger partial charge < -0.3 is 10.1 Å². The lowest BCUT2D eigenvalue weighted by atomic mass is 10.00. The molecule has 0 saturated heterocycles. The summed E-state index contributed by atoms with van der Waals surface area (Å²) in [6, 6.07) is 14.7. The molecule has 0 fully saturated rings. The van der Waals surface area contributed by atoms with E-state index in [1.54, 1.807) is 12.1 Å². The first-order valence-corrected chi connectivity index (χ1v) is 8.51. The molecule has 0 atom stereocenters. The van der Waals surface area contributed by atoms with Crippen LogP contribution in [0.25, 0.3) is 5.57 Å². The van der Waals surface area contributed by atoms with Crippen LogP contribution in [0.15, 0.2) is 70.9 Å². The van der Waals surface area contributed by atoms with Crippen molar-refractivity contribution in [2.24, 2.45) is 0 Å². The maximum Gasteiger partial charge on any atom is 0.342 e. The fourth-order valence-electron chi connectivity index (χ4n) is 2.61. The third-order valence-corrected chi connectivity index (χ3v) is 4.62. The quantitative estimate of drug-likeness (QED) is 0.792. The standard InChI is InChI=1S/C20H16BrNO3/c1-12-7-9-14(10-8-12)19(23)22-11-16-18(13(2)25-20(16)24)15-5-3-4-6-17(15)21/h3-10H,2,11H2,1H3,(H,22,23). The predicted octanol–water partition coefficient (Wildman–Crippen LogP) is 4.01. The van der Waals surface area contributed by atoms with Crippen molar-refractivity contribution in [1.29, 1.82) is 0 Å². The second kappa shape index (κ2) is 7.07. The molecule has 2 aromatic carbocycles. The number of carbonyl (C=O) groups is 2. The van der Waals surface area contributed by atoms with Gasteiger partial charge in [0.2, 0.25) is 0 Å². The van der Waals surface area contributed by atoms with Crippen LogP contribution in [0.2, 0.25) is 0 Å². The second-order valence-electron chi connectivity index (χ2n) is 5.69. The number of nitrogens with one attached hydrogen (secondary N) is 1. The number of hydrogen-bond acceptors (Lipinski definition) is 3. The van der Waals surface area contributed by atoms with Crippen molar-refractivity contribution in [3.63, 3.8) is 0 Å². The topological polar surface area (TPSA) is 55.4 Å². The van der Waals surface area contributed by atoms with Gasteiger partial charge in [0, 0.05) is 21.2 Å². The zero-order valence-electron chi connectivity index (χ0n) is 13.6. The second-order valence-corrected chi connectivity index (χ2v) is 6.55. The Bertz CT molecular complexity index is 897. The normalized spacial score (nSPS) is 13.8. The number of halogens is 1. The molecule has 0 aromatic heterocycles. The van der Waals surface area contributed by atoms with Gasteiger partial charge in [0.1, 0.15) is 5.76 Å². The fourth-order valence-corrected chi connectivity index (χ4v) is 3.09. The van der Waals surface area contributed by atoms with Crippen LogP contribution < -0.4 is 5.32 Å². The van der Waals surface area contributed by atoms with Crippen molar-refractivity contribution in [2.75, 3.05) is 6.54 Å². The summed E-state index contributed by atoms with van der Waals surface area (Å²) in [4.78, 5) is 24.5. The summed E-state index contributed by atoms with van der Waals surface area (Å²) in [5, 5.41) is 2.78. The zero-order valence-corrected chi connectivity index (χ0v) is 15.2. The molecule has 0 unspecified atom stereocenters. The summed E-state index contributed by atoms with van der Waals surface area (Å²) in [5.74, 6) is -0.444. The summed E-state index contributed by atoms with van der Waals surface area (Å²) in [6.07, 6.45) is 0. The SMILES string of the molecule is C=C1OC(=O)C(CNC(=O)c2ccc(C)cc2)=C1c1ccccc1Br. The van der Waals surface area contributed by atoms with Crippen molar-refractivity contribution in [3.05, 3.63) is 87.6 Å². The van der Waals surface area contributed by atoms with E-state index in [0.29, 0.717) is 16.7 Å². The van der Waals surface area contributed by atoms with Crippen LogP contribution in [-0.2, 0) is 9.53 Å². The largest absolute Gasteiger partial charge is 0.423 e. The monoisotopic (exact) mass is 397 g/mol. The minimum atomic E-state index is -0.486. The van der Waals surface area contributed by atoms with Gasteiger partial charge >= 0.3 is 5.97 Å². The molecule has 5 heteroatoms. The van der Waals surface area contributed by atoms with Gasteiger partial charge in [-0.2, -0.15) is 0 Å². The van der Waals surface area contributed by atoms with Crippen LogP contribution in [0.1, 0.15) is 21.5 Å². The molecule has 4 nitrogen and oxygen atoms in total. The third kappa shape index (κ3) is 3.56. The summed E-state index contributed by atoms with van der Waals surface area (Å²) in [6.45, 7) is 5.84. The number of hydrogen-bond donors (Lipinski definition) is 1. The number of carbonyl (C=O) groups excluding carboxylic acids is 2. The zero-order chi connectivity index (χ0) is 18.0. The van der Waals surface area contributed by atoms with Gasteiger partial charge in [-0.1, -0.05) is 58.4 Å². The van der Waals surface area contributed by atoms with Crippen molar-refractivity contribution in [2.45, 2.75) is 6.92 Å². The number of ether oxygens (including phenoxy) is 1. The van der Waals surface area contributed by atoms with Crippen LogP contribution in [0, 0.1) is 6.92 Å². The van der Waals surface area contributed by atoms with Gasteiger partial charge in [0.15, 0.2) is 0 Å². The van der Waals surface area contributed by atoms with E-state index < -0.39 is 5.97 Å². The lowest BCUT2D eigenvalue weighted by Crippen LogP contribution is -2.27. The molecule has 0 spiro atoms. The van der Waals surface area contributed by atoms with Crippen LogP contribution in [-0.4, -0.2) is 18.4 Å². The highest BCUT2D eigenvalue weighted by Gasteiger charge is 2.30. The van der Waals surface area contributed by atoms with Gasteiger partial charge in [-0.3, -0.25) is 4.79 Å². The van der Waals surface area contributed by atoms with Gasteiger partial charge in [0.25, 0.3) is 5.91 Å². The Hall–Kier alpha value is -2.66. The predicted molar refractivity (Wildman–Crippen MR) is 99.8 cm³/mol. The van der Waals surface area contributed by atoms with Gasteiger partial charge in [0.05, 0.1) is 12.1 Å². The first-order chi connectivity index (χ1) is 12.0. The first-order valence-electron chi connectivity index (χ1n) is 7.71. The number of esters is 1. The Morgan fingerprint density at radius 3 is 2.52 bits per heavy atom. The molecule has 25 heavy (non-hydrogen) atoms. The Balaban J connectivity index is 1.87. The smallest absolute Gasteiger partial charge is 0.342 e. The number of benzene rings is 2. The van der Waals surface area contributed by atoms with Crippen LogP contribution in [0.5, 0.6) is 0 Å². The minimum Gasteiger partial charge on any atom is -0.423 e. The van der Waals surface area contributed by atoms with E-state index >= 15 is 0 Å². The Morgan fingerprint density at radius 1 is 1.16 bits per heavy atom. The Labute approximate surface area is 154 Å². The van der Waals surface area contributed by atoms with Gasteiger partial charge in [-0.05, 0) is 25.1 Å². The highest BCUT2D eigenvalue weighted by molar-refractivity contribution is 9.10. The van der Waals surface area contributed by atoms with E-state index in [2.05, 4.69) is 27.8 Å². The van der Waals surface area contributed by atoms with Crippen molar-refractivity contribution in [1.82, 2.24) is 5.32 Å². The number of aryl methyl sites for hydroxylation is 1. The first kappa shape index (κ1) is 17.2. The molecule has 1 heterocycles. The lowest BCUT2D eigenvalue weighted by Gasteiger charge is -2.08. The van der Waals surface area contributed by atoms with Gasteiger partial charge in [-0.25, -0.2) is 4.79 Å².